The van der Waals surface area contributed by atoms with Crippen LogP contribution in [0.5, 0.6) is 0 Å². The molecule has 3 atom stereocenters. The fourth-order valence-electron chi connectivity index (χ4n) is 3.40. The summed E-state index contributed by atoms with van der Waals surface area (Å²) in [5.74, 6) is 2.18. The van der Waals surface area contributed by atoms with Crippen LogP contribution < -0.4 is 5.32 Å². The minimum absolute atomic E-state index is 0. The number of nitrogens with one attached hydrogen (secondary N) is 1. The van der Waals surface area contributed by atoms with E-state index in [-0.39, 0.29) is 42.5 Å². The van der Waals surface area contributed by atoms with Gasteiger partial charge in [-0.3, -0.25) is 4.79 Å². The molecule has 0 bridgehead atoms. The van der Waals surface area contributed by atoms with E-state index in [1.165, 1.54) is 6.42 Å². The van der Waals surface area contributed by atoms with Gasteiger partial charge in [0.1, 0.15) is 6.54 Å². The second-order valence-electron chi connectivity index (χ2n) is 7.29. The molecule has 0 saturated carbocycles. The molecule has 140 valence electrons. The first-order chi connectivity index (χ1) is 11.0. The van der Waals surface area contributed by atoms with Crippen molar-refractivity contribution in [2.24, 2.45) is 16.8 Å². The normalized spacial score (nSPS) is 27.6. The number of aliphatic imine (C=N–C) groups is 1. The van der Waals surface area contributed by atoms with Crippen molar-refractivity contribution in [1.29, 1.82) is 0 Å². The van der Waals surface area contributed by atoms with E-state index in [1.807, 2.05) is 0 Å². The van der Waals surface area contributed by atoms with Crippen molar-refractivity contribution >= 4 is 35.8 Å². The Kier molecular flexibility index (Phi) is 9.33. The molecule has 6 nitrogen and oxygen atoms in total. The Bertz CT molecular complexity index is 415. The van der Waals surface area contributed by atoms with Gasteiger partial charge in [0.05, 0.1) is 6.10 Å². The molecule has 2 aliphatic heterocycles. The summed E-state index contributed by atoms with van der Waals surface area (Å²) < 4.78 is 5.69. The van der Waals surface area contributed by atoms with Crippen LogP contribution in [-0.4, -0.2) is 74.7 Å². The zero-order valence-electron chi connectivity index (χ0n) is 15.5. The van der Waals surface area contributed by atoms with E-state index in [0.717, 1.165) is 45.0 Å². The minimum atomic E-state index is 0. The molecule has 0 aromatic rings. The molecule has 24 heavy (non-hydrogen) atoms. The predicted molar refractivity (Wildman–Crippen MR) is 108 cm³/mol. The van der Waals surface area contributed by atoms with Crippen molar-refractivity contribution in [2.45, 2.75) is 39.2 Å². The van der Waals surface area contributed by atoms with E-state index < -0.39 is 0 Å². The lowest BCUT2D eigenvalue weighted by Gasteiger charge is -2.37. The molecular formula is C17H33IN4O2. The van der Waals surface area contributed by atoms with Crippen LogP contribution in [0.2, 0.25) is 0 Å². The van der Waals surface area contributed by atoms with Crippen LogP contribution in [0.1, 0.15) is 33.1 Å². The monoisotopic (exact) mass is 452 g/mol. The number of carbonyl (C=O) groups excluding carboxylic acids is 1. The topological polar surface area (TPSA) is 57.2 Å². The standard InChI is InChI=1S/C17H32N4O2.HI/c1-13-8-14(2)12-21(11-13)17(19-10-16(22)20(3)4)18-9-15-6-5-7-23-15;/h13-15H,5-12H2,1-4H3,(H,18,19);1H. The molecule has 3 unspecified atom stereocenters. The van der Waals surface area contributed by atoms with Gasteiger partial charge in [0, 0.05) is 40.3 Å². The first kappa shape index (κ1) is 21.5. The van der Waals surface area contributed by atoms with Crippen LogP contribution in [-0.2, 0) is 9.53 Å². The molecule has 7 heteroatoms. The summed E-state index contributed by atoms with van der Waals surface area (Å²) in [6.45, 7) is 8.39. The number of ether oxygens (including phenoxy) is 1. The molecule has 1 amide bonds. The van der Waals surface area contributed by atoms with E-state index in [1.54, 1.807) is 19.0 Å². The second-order valence-corrected chi connectivity index (χ2v) is 7.29. The van der Waals surface area contributed by atoms with Gasteiger partial charge in [0.2, 0.25) is 5.91 Å². The summed E-state index contributed by atoms with van der Waals surface area (Å²) in [5, 5.41) is 3.45. The quantitative estimate of drug-likeness (QED) is 0.402. The molecule has 2 heterocycles. The second kappa shape index (κ2) is 10.4. The summed E-state index contributed by atoms with van der Waals surface area (Å²) in [5.41, 5.74) is 0. The summed E-state index contributed by atoms with van der Waals surface area (Å²) in [6, 6.07) is 0. The maximum absolute atomic E-state index is 11.9. The van der Waals surface area contributed by atoms with E-state index >= 15 is 0 Å². The van der Waals surface area contributed by atoms with Crippen LogP contribution in [0.3, 0.4) is 0 Å². The highest BCUT2D eigenvalue weighted by Crippen LogP contribution is 2.21. The first-order valence-electron chi connectivity index (χ1n) is 8.80. The van der Waals surface area contributed by atoms with Crippen LogP contribution >= 0.6 is 24.0 Å². The van der Waals surface area contributed by atoms with Gasteiger partial charge in [-0.15, -0.1) is 24.0 Å². The number of guanidine groups is 1. The average molecular weight is 452 g/mol. The Balaban J connectivity index is 0.00000288. The Labute approximate surface area is 163 Å². The molecule has 2 rings (SSSR count). The SMILES string of the molecule is CC1CC(C)CN(C(=NCC(=O)N(C)C)NCC2CCCO2)C1.I. The van der Waals surface area contributed by atoms with Gasteiger partial charge in [-0.2, -0.15) is 0 Å². The van der Waals surface area contributed by atoms with Crippen molar-refractivity contribution < 1.29 is 9.53 Å². The van der Waals surface area contributed by atoms with Crippen molar-refractivity contribution in [3.05, 3.63) is 0 Å². The zero-order chi connectivity index (χ0) is 16.8. The molecule has 0 aromatic heterocycles. The van der Waals surface area contributed by atoms with Gasteiger partial charge >= 0.3 is 0 Å². The first-order valence-corrected chi connectivity index (χ1v) is 8.80. The molecule has 2 fully saturated rings. The molecule has 0 radical (unpaired) electrons. The number of rotatable bonds is 4. The van der Waals surface area contributed by atoms with E-state index in [2.05, 4.69) is 29.1 Å². The maximum Gasteiger partial charge on any atom is 0.243 e. The largest absolute Gasteiger partial charge is 0.376 e. The fraction of sp³-hybridized carbons (Fsp3) is 0.882. The minimum Gasteiger partial charge on any atom is -0.376 e. The molecule has 2 saturated heterocycles. The zero-order valence-corrected chi connectivity index (χ0v) is 17.8. The third-order valence-electron chi connectivity index (χ3n) is 4.54. The predicted octanol–water partition coefficient (Wildman–Crippen LogP) is 1.80. The van der Waals surface area contributed by atoms with Gasteiger partial charge in [-0.25, -0.2) is 4.99 Å². The summed E-state index contributed by atoms with van der Waals surface area (Å²) in [4.78, 5) is 20.3. The Morgan fingerprint density at radius 3 is 2.50 bits per heavy atom. The molecule has 2 aliphatic rings. The Morgan fingerprint density at radius 1 is 1.29 bits per heavy atom. The van der Waals surface area contributed by atoms with Crippen LogP contribution in [0, 0.1) is 11.8 Å². The van der Waals surface area contributed by atoms with Crippen LogP contribution in [0.25, 0.3) is 0 Å². The number of carbonyl (C=O) groups is 1. The van der Waals surface area contributed by atoms with Gasteiger partial charge < -0.3 is 19.9 Å². The number of amides is 1. The third-order valence-corrected chi connectivity index (χ3v) is 4.54. The summed E-state index contributed by atoms with van der Waals surface area (Å²) >= 11 is 0. The summed E-state index contributed by atoms with van der Waals surface area (Å²) in [7, 11) is 3.53. The molecule has 0 aliphatic carbocycles. The summed E-state index contributed by atoms with van der Waals surface area (Å²) in [6.07, 6.45) is 3.76. The van der Waals surface area contributed by atoms with Gasteiger partial charge in [0.25, 0.3) is 0 Å². The number of hydrogen-bond donors (Lipinski definition) is 1. The third kappa shape index (κ3) is 6.74. The van der Waals surface area contributed by atoms with Crippen molar-refractivity contribution in [3.8, 4) is 0 Å². The van der Waals surface area contributed by atoms with E-state index in [4.69, 9.17) is 4.74 Å². The molecule has 0 aromatic carbocycles. The Morgan fingerprint density at radius 2 is 1.96 bits per heavy atom. The molecular weight excluding hydrogens is 419 g/mol. The fourth-order valence-corrected chi connectivity index (χ4v) is 3.40. The van der Waals surface area contributed by atoms with Crippen molar-refractivity contribution in [3.63, 3.8) is 0 Å². The van der Waals surface area contributed by atoms with Crippen molar-refractivity contribution in [2.75, 3.05) is 46.9 Å². The van der Waals surface area contributed by atoms with Gasteiger partial charge in [-0.1, -0.05) is 13.8 Å². The van der Waals surface area contributed by atoms with E-state index in [9.17, 15) is 4.79 Å². The number of likely N-dealkylation sites (N-methyl/N-ethyl adjacent to an activating group) is 1. The lowest BCUT2D eigenvalue weighted by molar-refractivity contribution is -0.127. The smallest absolute Gasteiger partial charge is 0.243 e. The van der Waals surface area contributed by atoms with Crippen LogP contribution in [0.4, 0.5) is 0 Å². The highest BCUT2D eigenvalue weighted by atomic mass is 127. The van der Waals surface area contributed by atoms with Crippen molar-refractivity contribution in [1.82, 2.24) is 15.1 Å². The van der Waals surface area contributed by atoms with Gasteiger partial charge in [0.15, 0.2) is 5.96 Å². The van der Waals surface area contributed by atoms with Crippen LogP contribution in [0.15, 0.2) is 4.99 Å². The lowest BCUT2D eigenvalue weighted by atomic mass is 9.92. The van der Waals surface area contributed by atoms with Gasteiger partial charge in [-0.05, 0) is 31.1 Å². The lowest BCUT2D eigenvalue weighted by Crippen LogP contribution is -2.50. The van der Waals surface area contributed by atoms with E-state index in [0.29, 0.717) is 11.8 Å². The number of hydrogen-bond acceptors (Lipinski definition) is 3. The highest BCUT2D eigenvalue weighted by Gasteiger charge is 2.25. The number of nitrogens with zero attached hydrogens (tertiary/aromatic N) is 3. The molecule has 1 N–H and O–H groups in total. The Hall–Kier alpha value is -0.570. The average Bonchev–Trinajstić information content (AvgIpc) is 2.99. The number of piperidine rings is 1. The number of halogens is 1. The molecule has 0 spiro atoms. The maximum atomic E-state index is 11.9. The number of likely N-dealkylation sites (tertiary alicyclic amines) is 1. The highest BCUT2D eigenvalue weighted by molar-refractivity contribution is 14.0.